The first-order valence-electron chi connectivity index (χ1n) is 6.85. The molecule has 106 valence electrons. The molecule has 0 aromatic carbocycles. The maximum atomic E-state index is 12.0. The lowest BCUT2D eigenvalue weighted by atomic mass is 10.3. The van der Waals surface area contributed by atoms with Crippen molar-refractivity contribution in [3.63, 3.8) is 0 Å². The second kappa shape index (κ2) is 5.00. The van der Waals surface area contributed by atoms with Crippen LogP contribution in [0.4, 0.5) is 0 Å². The minimum atomic E-state index is -0.0244. The quantitative estimate of drug-likeness (QED) is 0.743. The molecule has 0 saturated heterocycles. The monoisotopic (exact) mass is 299 g/mol. The number of aryl methyl sites for hydroxylation is 1. The number of aromatic nitrogens is 5. The number of thioether (sulfide) groups is 1. The number of rotatable bonds is 3. The molecule has 1 aliphatic carbocycles. The van der Waals surface area contributed by atoms with Crippen LogP contribution in [0.2, 0.25) is 0 Å². The van der Waals surface area contributed by atoms with E-state index >= 15 is 0 Å². The van der Waals surface area contributed by atoms with Crippen molar-refractivity contribution in [2.45, 2.75) is 30.2 Å². The SMILES string of the molecule is O=c1[nH]c2nnc(SCc3ccccn3)n2c2c1CCC2. The summed E-state index contributed by atoms with van der Waals surface area (Å²) in [5.74, 6) is 1.26. The van der Waals surface area contributed by atoms with Gasteiger partial charge < -0.3 is 0 Å². The van der Waals surface area contributed by atoms with Crippen LogP contribution >= 0.6 is 11.8 Å². The van der Waals surface area contributed by atoms with E-state index in [0.717, 1.165) is 47.1 Å². The van der Waals surface area contributed by atoms with Gasteiger partial charge in [-0.25, -0.2) is 0 Å². The molecule has 4 rings (SSSR count). The number of pyridine rings is 1. The van der Waals surface area contributed by atoms with Crippen molar-refractivity contribution in [3.05, 3.63) is 51.7 Å². The highest BCUT2D eigenvalue weighted by molar-refractivity contribution is 7.98. The van der Waals surface area contributed by atoms with E-state index in [2.05, 4.69) is 20.2 Å². The lowest BCUT2D eigenvalue weighted by Gasteiger charge is -2.05. The summed E-state index contributed by atoms with van der Waals surface area (Å²) in [6.45, 7) is 0. The van der Waals surface area contributed by atoms with E-state index in [-0.39, 0.29) is 5.56 Å². The highest BCUT2D eigenvalue weighted by atomic mass is 32.2. The molecule has 3 aromatic rings. The Labute approximate surface area is 124 Å². The molecule has 0 atom stereocenters. The maximum Gasteiger partial charge on any atom is 0.255 e. The fourth-order valence-electron chi connectivity index (χ4n) is 2.71. The van der Waals surface area contributed by atoms with Crippen LogP contribution in [0.3, 0.4) is 0 Å². The molecule has 0 bridgehead atoms. The van der Waals surface area contributed by atoms with Gasteiger partial charge in [0.25, 0.3) is 5.56 Å². The number of nitrogens with one attached hydrogen (secondary N) is 1. The van der Waals surface area contributed by atoms with Crippen molar-refractivity contribution in [1.82, 2.24) is 24.6 Å². The molecule has 3 aromatic heterocycles. The van der Waals surface area contributed by atoms with Gasteiger partial charge in [0.1, 0.15) is 0 Å². The van der Waals surface area contributed by atoms with Crippen molar-refractivity contribution < 1.29 is 0 Å². The van der Waals surface area contributed by atoms with Crippen molar-refractivity contribution in [2.75, 3.05) is 0 Å². The summed E-state index contributed by atoms with van der Waals surface area (Å²) in [6, 6.07) is 5.86. The second-order valence-electron chi connectivity index (χ2n) is 4.98. The fraction of sp³-hybridized carbons (Fsp3) is 0.286. The molecule has 0 saturated carbocycles. The van der Waals surface area contributed by atoms with E-state index in [1.54, 1.807) is 18.0 Å². The van der Waals surface area contributed by atoms with E-state index < -0.39 is 0 Å². The Bertz CT molecular complexity index is 855. The minimum absolute atomic E-state index is 0.0244. The van der Waals surface area contributed by atoms with Crippen molar-refractivity contribution >= 4 is 17.5 Å². The standard InChI is InChI=1S/C14H13N5OS/c20-12-10-5-3-6-11(10)19-13(16-12)17-18-14(19)21-8-9-4-1-2-7-15-9/h1-2,4,7H,3,5-6,8H2,(H,16,17,20). The Kier molecular flexibility index (Phi) is 2.99. The molecule has 1 N–H and O–H groups in total. The van der Waals surface area contributed by atoms with Crippen molar-refractivity contribution in [3.8, 4) is 0 Å². The van der Waals surface area contributed by atoms with Crippen molar-refractivity contribution in [1.29, 1.82) is 0 Å². The van der Waals surface area contributed by atoms with E-state index in [4.69, 9.17) is 0 Å². The normalized spacial score (nSPS) is 13.7. The van der Waals surface area contributed by atoms with E-state index in [0.29, 0.717) is 5.78 Å². The Morgan fingerprint density at radius 2 is 2.24 bits per heavy atom. The molecular formula is C14H13N5OS. The van der Waals surface area contributed by atoms with Gasteiger partial charge in [0.2, 0.25) is 5.78 Å². The third-order valence-corrected chi connectivity index (χ3v) is 4.63. The average molecular weight is 299 g/mol. The third kappa shape index (κ3) is 2.13. The summed E-state index contributed by atoms with van der Waals surface area (Å²) < 4.78 is 1.98. The Morgan fingerprint density at radius 3 is 3.10 bits per heavy atom. The van der Waals surface area contributed by atoms with E-state index in [9.17, 15) is 4.79 Å². The average Bonchev–Trinajstić information content (AvgIpc) is 3.12. The predicted octanol–water partition coefficient (Wildman–Crippen LogP) is 1.59. The highest BCUT2D eigenvalue weighted by Gasteiger charge is 2.21. The fourth-order valence-corrected chi connectivity index (χ4v) is 3.58. The number of hydrogen-bond acceptors (Lipinski definition) is 5. The molecule has 0 aliphatic heterocycles. The summed E-state index contributed by atoms with van der Waals surface area (Å²) in [7, 11) is 0. The van der Waals surface area contributed by atoms with Gasteiger partial charge in [0, 0.05) is 23.2 Å². The molecule has 0 fully saturated rings. The lowest BCUT2D eigenvalue weighted by molar-refractivity contribution is 0.839. The molecule has 21 heavy (non-hydrogen) atoms. The number of fused-ring (bicyclic) bond motifs is 3. The molecule has 0 unspecified atom stereocenters. The van der Waals surface area contributed by atoms with Crippen molar-refractivity contribution in [2.24, 2.45) is 0 Å². The topological polar surface area (TPSA) is 75.9 Å². The number of aromatic amines is 1. The molecule has 1 aliphatic rings. The Morgan fingerprint density at radius 1 is 1.29 bits per heavy atom. The van der Waals surface area contributed by atoms with Crippen LogP contribution in [-0.4, -0.2) is 24.6 Å². The van der Waals surface area contributed by atoms with Gasteiger partial charge >= 0.3 is 0 Å². The molecule has 0 radical (unpaired) electrons. The van der Waals surface area contributed by atoms with Crippen LogP contribution in [-0.2, 0) is 18.6 Å². The zero-order valence-electron chi connectivity index (χ0n) is 11.2. The molecule has 0 spiro atoms. The minimum Gasteiger partial charge on any atom is -0.290 e. The maximum absolute atomic E-state index is 12.0. The summed E-state index contributed by atoms with van der Waals surface area (Å²) >= 11 is 1.59. The number of H-pyrrole nitrogens is 1. The molecule has 3 heterocycles. The summed E-state index contributed by atoms with van der Waals surface area (Å²) in [5.41, 5.74) is 2.91. The van der Waals surface area contributed by atoms with E-state index in [1.807, 2.05) is 22.6 Å². The van der Waals surface area contributed by atoms with E-state index in [1.165, 1.54) is 0 Å². The number of nitrogens with zero attached hydrogens (tertiary/aromatic N) is 4. The number of hydrogen-bond donors (Lipinski definition) is 1. The second-order valence-corrected chi connectivity index (χ2v) is 5.93. The Balaban J connectivity index is 1.73. The zero-order chi connectivity index (χ0) is 14.2. The van der Waals surface area contributed by atoms with Gasteiger partial charge in [-0.2, -0.15) is 0 Å². The third-order valence-electron chi connectivity index (χ3n) is 3.67. The predicted molar refractivity (Wildman–Crippen MR) is 79.4 cm³/mol. The smallest absolute Gasteiger partial charge is 0.255 e. The highest BCUT2D eigenvalue weighted by Crippen LogP contribution is 2.25. The lowest BCUT2D eigenvalue weighted by Crippen LogP contribution is -2.16. The van der Waals surface area contributed by atoms with Crippen LogP contribution in [0.15, 0.2) is 34.3 Å². The first-order chi connectivity index (χ1) is 10.3. The zero-order valence-corrected chi connectivity index (χ0v) is 12.1. The molecule has 0 amide bonds. The molecule has 7 heteroatoms. The van der Waals surface area contributed by atoms with Crippen LogP contribution in [0.25, 0.3) is 5.78 Å². The first-order valence-corrected chi connectivity index (χ1v) is 7.83. The van der Waals surface area contributed by atoms with Gasteiger partial charge in [0.05, 0.1) is 5.69 Å². The molecule has 6 nitrogen and oxygen atoms in total. The largest absolute Gasteiger partial charge is 0.290 e. The summed E-state index contributed by atoms with van der Waals surface area (Å²) in [5, 5.41) is 9.10. The first kappa shape index (κ1) is 12.6. The van der Waals surface area contributed by atoms with Gasteiger partial charge in [-0.05, 0) is 31.4 Å². The van der Waals surface area contributed by atoms with Gasteiger partial charge in [-0.1, -0.05) is 17.8 Å². The van der Waals surface area contributed by atoms with Crippen LogP contribution in [0.1, 0.15) is 23.4 Å². The Hall–Kier alpha value is -2.15. The van der Waals surface area contributed by atoms with Gasteiger partial charge in [0.15, 0.2) is 5.16 Å². The van der Waals surface area contributed by atoms with Gasteiger partial charge in [-0.15, -0.1) is 10.2 Å². The summed E-state index contributed by atoms with van der Waals surface area (Å²) in [4.78, 5) is 19.1. The molecular weight excluding hydrogens is 286 g/mol. The van der Waals surface area contributed by atoms with Gasteiger partial charge in [-0.3, -0.25) is 19.2 Å². The van der Waals surface area contributed by atoms with Crippen LogP contribution < -0.4 is 5.56 Å². The summed E-state index contributed by atoms with van der Waals surface area (Å²) in [6.07, 6.45) is 4.54. The van der Waals surface area contributed by atoms with Crippen LogP contribution in [0, 0.1) is 0 Å². The van der Waals surface area contributed by atoms with Crippen LogP contribution in [0.5, 0.6) is 0 Å².